The van der Waals surface area contributed by atoms with Crippen molar-refractivity contribution in [3.8, 4) is 0 Å². The van der Waals surface area contributed by atoms with Crippen molar-refractivity contribution >= 4 is 17.6 Å². The van der Waals surface area contributed by atoms with Crippen molar-refractivity contribution in [1.29, 1.82) is 0 Å². The van der Waals surface area contributed by atoms with Crippen LogP contribution in [0.3, 0.4) is 0 Å². The maximum atomic E-state index is 12.3. The SMILES string of the molecule is Cc1cc(NC(=O)C(=O)N[C@@H](C)C23CC4CC(CC(C4)C2)C3)no1. The number of rotatable bonds is 3. The van der Waals surface area contributed by atoms with Crippen molar-refractivity contribution in [2.75, 3.05) is 5.32 Å². The van der Waals surface area contributed by atoms with Gasteiger partial charge in [0.2, 0.25) is 0 Å². The first-order valence-electron chi connectivity index (χ1n) is 8.99. The van der Waals surface area contributed by atoms with E-state index in [1.807, 2.05) is 0 Å². The monoisotopic (exact) mass is 331 g/mol. The maximum absolute atomic E-state index is 12.3. The van der Waals surface area contributed by atoms with Gasteiger partial charge in [0.1, 0.15) is 5.76 Å². The number of anilines is 1. The first-order valence-corrected chi connectivity index (χ1v) is 8.99. The van der Waals surface area contributed by atoms with E-state index < -0.39 is 11.8 Å². The summed E-state index contributed by atoms with van der Waals surface area (Å²) >= 11 is 0. The molecule has 6 nitrogen and oxygen atoms in total. The standard InChI is InChI=1S/C18H25N3O3/c1-10-3-15(21-24-10)20-17(23)16(22)19-11(2)18-7-12-4-13(8-18)6-14(5-12)9-18/h3,11-14H,4-9H2,1-2H3,(H,19,22)(H,20,21,23)/t11-,12?,13?,14?,18?/m0/s1. The van der Waals surface area contributed by atoms with Gasteiger partial charge in [0.15, 0.2) is 5.82 Å². The van der Waals surface area contributed by atoms with E-state index in [9.17, 15) is 9.59 Å². The van der Waals surface area contributed by atoms with Gasteiger partial charge in [0.05, 0.1) is 0 Å². The number of carbonyl (C=O) groups excluding carboxylic acids is 2. The van der Waals surface area contributed by atoms with Gasteiger partial charge in [0.25, 0.3) is 0 Å². The van der Waals surface area contributed by atoms with E-state index in [0.717, 1.165) is 17.8 Å². The largest absolute Gasteiger partial charge is 0.360 e. The van der Waals surface area contributed by atoms with Crippen LogP contribution in [0.4, 0.5) is 5.82 Å². The Labute approximate surface area is 141 Å². The zero-order valence-electron chi connectivity index (χ0n) is 14.3. The fourth-order valence-electron chi connectivity index (χ4n) is 5.72. The molecular formula is C18H25N3O3. The van der Waals surface area contributed by atoms with Crippen molar-refractivity contribution in [1.82, 2.24) is 10.5 Å². The molecular weight excluding hydrogens is 306 g/mol. The van der Waals surface area contributed by atoms with Gasteiger partial charge in [-0.15, -0.1) is 0 Å². The Morgan fingerprint density at radius 2 is 1.75 bits per heavy atom. The lowest BCUT2D eigenvalue weighted by Crippen LogP contribution is -2.57. The molecule has 6 heteroatoms. The van der Waals surface area contributed by atoms with Crippen LogP contribution in [0.15, 0.2) is 10.6 Å². The molecule has 2 amide bonds. The number of amides is 2. The fourth-order valence-corrected chi connectivity index (χ4v) is 5.72. The molecule has 0 unspecified atom stereocenters. The Balaban J connectivity index is 1.39. The Bertz CT molecular complexity index is 631. The predicted molar refractivity (Wildman–Crippen MR) is 88.1 cm³/mol. The second kappa shape index (κ2) is 5.60. The van der Waals surface area contributed by atoms with Gasteiger partial charge >= 0.3 is 11.8 Å². The Kier molecular flexibility index (Phi) is 3.66. The second-order valence-corrected chi connectivity index (χ2v) is 8.25. The van der Waals surface area contributed by atoms with E-state index in [2.05, 4.69) is 22.7 Å². The average molecular weight is 331 g/mol. The first-order chi connectivity index (χ1) is 11.4. The molecule has 4 aliphatic rings. The number of nitrogens with zero attached hydrogens (tertiary/aromatic N) is 1. The summed E-state index contributed by atoms with van der Waals surface area (Å²) < 4.78 is 4.89. The zero-order valence-corrected chi connectivity index (χ0v) is 14.3. The molecule has 4 bridgehead atoms. The van der Waals surface area contributed by atoms with Gasteiger partial charge in [0, 0.05) is 12.1 Å². The van der Waals surface area contributed by atoms with Crippen LogP contribution in [0.5, 0.6) is 0 Å². The van der Waals surface area contributed by atoms with Crippen LogP contribution in [0.25, 0.3) is 0 Å². The lowest BCUT2D eigenvalue weighted by atomic mass is 9.48. The summed E-state index contributed by atoms with van der Waals surface area (Å²) in [5, 5.41) is 9.13. The van der Waals surface area contributed by atoms with E-state index in [4.69, 9.17) is 4.52 Å². The number of aryl methyl sites for hydroxylation is 1. The van der Waals surface area contributed by atoms with Gasteiger partial charge < -0.3 is 9.84 Å². The van der Waals surface area contributed by atoms with Gasteiger partial charge in [-0.3, -0.25) is 14.9 Å². The third kappa shape index (κ3) is 2.72. The summed E-state index contributed by atoms with van der Waals surface area (Å²) in [6, 6.07) is 1.62. The zero-order chi connectivity index (χ0) is 16.9. The topological polar surface area (TPSA) is 84.2 Å². The molecule has 4 fully saturated rings. The Morgan fingerprint density at radius 1 is 1.17 bits per heavy atom. The summed E-state index contributed by atoms with van der Waals surface area (Å²) in [6.07, 6.45) is 7.70. The molecule has 1 heterocycles. The summed E-state index contributed by atoms with van der Waals surface area (Å²) in [4.78, 5) is 24.4. The molecule has 5 rings (SSSR count). The van der Waals surface area contributed by atoms with Crippen LogP contribution >= 0.6 is 0 Å². The van der Waals surface area contributed by atoms with Crippen LogP contribution in [0.2, 0.25) is 0 Å². The second-order valence-electron chi connectivity index (χ2n) is 8.25. The minimum absolute atomic E-state index is 0.0307. The highest BCUT2D eigenvalue weighted by molar-refractivity contribution is 6.39. The molecule has 4 saturated carbocycles. The molecule has 130 valence electrons. The quantitative estimate of drug-likeness (QED) is 0.834. The average Bonchev–Trinajstić information content (AvgIpc) is 2.90. The highest BCUT2D eigenvalue weighted by Gasteiger charge is 2.53. The van der Waals surface area contributed by atoms with Crippen molar-refractivity contribution in [2.45, 2.75) is 58.4 Å². The first kappa shape index (κ1) is 15.7. The van der Waals surface area contributed by atoms with Crippen molar-refractivity contribution in [3.63, 3.8) is 0 Å². The summed E-state index contributed by atoms with van der Waals surface area (Å²) in [5.41, 5.74) is 0.190. The maximum Gasteiger partial charge on any atom is 0.314 e. The molecule has 4 aliphatic carbocycles. The molecule has 0 saturated heterocycles. The summed E-state index contributed by atoms with van der Waals surface area (Å²) in [6.45, 7) is 3.80. The molecule has 1 aromatic rings. The van der Waals surface area contributed by atoms with E-state index in [0.29, 0.717) is 5.76 Å². The highest BCUT2D eigenvalue weighted by Crippen LogP contribution is 2.61. The number of hydrogen-bond acceptors (Lipinski definition) is 4. The Hall–Kier alpha value is -1.85. The predicted octanol–water partition coefficient (Wildman–Crippen LogP) is 2.64. The van der Waals surface area contributed by atoms with Crippen molar-refractivity contribution < 1.29 is 14.1 Å². The van der Waals surface area contributed by atoms with E-state index in [-0.39, 0.29) is 17.3 Å². The van der Waals surface area contributed by atoms with Crippen molar-refractivity contribution in [3.05, 3.63) is 11.8 Å². The van der Waals surface area contributed by atoms with E-state index in [1.54, 1.807) is 13.0 Å². The fraction of sp³-hybridized carbons (Fsp3) is 0.722. The molecule has 0 aromatic carbocycles. The third-order valence-corrected chi connectivity index (χ3v) is 6.43. The summed E-state index contributed by atoms with van der Waals surface area (Å²) in [7, 11) is 0. The molecule has 0 aliphatic heterocycles. The van der Waals surface area contributed by atoms with Crippen LogP contribution in [0.1, 0.15) is 51.2 Å². The lowest BCUT2D eigenvalue weighted by molar-refractivity contribution is -0.138. The number of aromatic nitrogens is 1. The van der Waals surface area contributed by atoms with Gasteiger partial charge in [-0.05, 0) is 75.5 Å². The van der Waals surface area contributed by atoms with E-state index >= 15 is 0 Å². The molecule has 2 N–H and O–H groups in total. The van der Waals surface area contributed by atoms with Crippen LogP contribution < -0.4 is 10.6 Å². The molecule has 0 radical (unpaired) electrons. The minimum atomic E-state index is -0.681. The number of hydrogen-bond donors (Lipinski definition) is 2. The Morgan fingerprint density at radius 3 is 2.25 bits per heavy atom. The van der Waals surface area contributed by atoms with Gasteiger partial charge in [-0.1, -0.05) is 5.16 Å². The summed E-state index contributed by atoms with van der Waals surface area (Å²) in [5.74, 6) is 2.06. The lowest BCUT2D eigenvalue weighted by Gasteiger charge is -2.59. The number of carbonyl (C=O) groups is 2. The molecule has 1 atom stereocenters. The minimum Gasteiger partial charge on any atom is -0.360 e. The molecule has 1 aromatic heterocycles. The van der Waals surface area contributed by atoms with Crippen LogP contribution in [-0.4, -0.2) is 23.0 Å². The highest BCUT2D eigenvalue weighted by atomic mass is 16.5. The number of nitrogens with one attached hydrogen (secondary N) is 2. The van der Waals surface area contributed by atoms with Crippen LogP contribution in [-0.2, 0) is 9.59 Å². The molecule has 24 heavy (non-hydrogen) atoms. The third-order valence-electron chi connectivity index (χ3n) is 6.43. The van der Waals surface area contributed by atoms with Gasteiger partial charge in [-0.2, -0.15) is 0 Å². The smallest absolute Gasteiger partial charge is 0.314 e. The van der Waals surface area contributed by atoms with Gasteiger partial charge in [-0.25, -0.2) is 0 Å². The normalized spacial score (nSPS) is 34.8. The van der Waals surface area contributed by atoms with E-state index in [1.165, 1.54) is 38.5 Å². The van der Waals surface area contributed by atoms with Crippen molar-refractivity contribution in [2.24, 2.45) is 23.2 Å². The van der Waals surface area contributed by atoms with Crippen LogP contribution in [0, 0.1) is 30.1 Å². The molecule has 0 spiro atoms.